The molecule has 200 valence electrons. The van der Waals surface area contributed by atoms with Gasteiger partial charge >= 0.3 is 0 Å². The summed E-state index contributed by atoms with van der Waals surface area (Å²) in [5.74, 6) is -0.700. The molecule has 9 heteroatoms. The number of benzene rings is 3. The topological polar surface area (TPSA) is 97.2 Å². The van der Waals surface area contributed by atoms with E-state index in [0.717, 1.165) is 32.1 Å². The van der Waals surface area contributed by atoms with Gasteiger partial charge in [0.2, 0.25) is 11.8 Å². The van der Waals surface area contributed by atoms with Crippen LogP contribution >= 0.6 is 11.6 Å². The average molecular weight is 544 g/mol. The molecule has 4 aromatic rings. The highest BCUT2D eigenvalue weighted by Gasteiger charge is 2.34. The second-order valence-corrected chi connectivity index (χ2v) is 10.3. The van der Waals surface area contributed by atoms with Crippen LogP contribution in [0.1, 0.15) is 61.0 Å². The van der Waals surface area contributed by atoms with Crippen molar-refractivity contribution in [2.24, 2.45) is 0 Å². The zero-order valence-electron chi connectivity index (χ0n) is 21.7. The summed E-state index contributed by atoms with van der Waals surface area (Å²) in [5.41, 5.74) is 3.02. The third-order valence-corrected chi connectivity index (χ3v) is 7.42. The molecule has 1 saturated carbocycles. The molecule has 0 radical (unpaired) electrons. The molecule has 0 bridgehead atoms. The first-order chi connectivity index (χ1) is 18.9. The highest BCUT2D eigenvalue weighted by atomic mass is 35.5. The molecule has 8 nitrogen and oxygen atoms in total. The molecular formula is C30H30ClN5O3. The number of fused-ring (bicyclic) bond motifs is 1. The lowest BCUT2D eigenvalue weighted by Gasteiger charge is -2.33. The summed E-state index contributed by atoms with van der Waals surface area (Å²) in [6, 6.07) is 20.2. The Kier molecular flexibility index (Phi) is 8.02. The van der Waals surface area contributed by atoms with E-state index < -0.39 is 6.04 Å². The van der Waals surface area contributed by atoms with E-state index in [1.54, 1.807) is 48.5 Å². The van der Waals surface area contributed by atoms with E-state index in [-0.39, 0.29) is 30.2 Å². The third kappa shape index (κ3) is 6.01. The smallest absolute Gasteiger partial charge is 0.249 e. The largest absolute Gasteiger partial charge is 0.351 e. The Hall–Kier alpha value is -4.04. The first kappa shape index (κ1) is 26.6. The first-order valence-corrected chi connectivity index (χ1v) is 13.6. The number of amides is 2. The van der Waals surface area contributed by atoms with Crippen LogP contribution in [0.15, 0.2) is 72.8 Å². The van der Waals surface area contributed by atoms with E-state index in [2.05, 4.69) is 15.6 Å². The number of halogens is 1. The summed E-state index contributed by atoms with van der Waals surface area (Å²) in [6.07, 6.45) is 5.10. The monoisotopic (exact) mass is 543 g/mol. The number of carbonyl (C=O) groups excluding carboxylic acids is 3. The van der Waals surface area contributed by atoms with Crippen LogP contribution in [0.3, 0.4) is 0 Å². The van der Waals surface area contributed by atoms with Crippen LogP contribution in [0.5, 0.6) is 0 Å². The van der Waals surface area contributed by atoms with Gasteiger partial charge in [0, 0.05) is 22.3 Å². The second kappa shape index (κ2) is 11.8. The fourth-order valence-electron chi connectivity index (χ4n) is 5.12. The van der Waals surface area contributed by atoms with Crippen molar-refractivity contribution in [2.45, 2.75) is 57.7 Å². The fourth-order valence-corrected chi connectivity index (χ4v) is 5.25. The fraction of sp³-hybridized carbons (Fsp3) is 0.300. The zero-order valence-corrected chi connectivity index (χ0v) is 22.5. The van der Waals surface area contributed by atoms with Crippen LogP contribution in [-0.4, -0.2) is 38.6 Å². The number of aromatic nitrogens is 3. The molecule has 0 unspecified atom stereocenters. The molecule has 0 spiro atoms. The maximum atomic E-state index is 14.1. The Labute approximate surface area is 231 Å². The lowest BCUT2D eigenvalue weighted by atomic mass is 9.94. The van der Waals surface area contributed by atoms with Gasteiger partial charge in [-0.1, -0.05) is 60.3 Å². The molecule has 1 atom stereocenters. The average Bonchev–Trinajstić information content (AvgIpc) is 3.35. The number of rotatable bonds is 8. The number of carbonyl (C=O) groups is 3. The van der Waals surface area contributed by atoms with Crippen molar-refractivity contribution in [3.8, 4) is 0 Å². The zero-order chi connectivity index (χ0) is 27.4. The maximum absolute atomic E-state index is 14.1. The van der Waals surface area contributed by atoms with E-state index in [0.29, 0.717) is 32.9 Å². The summed E-state index contributed by atoms with van der Waals surface area (Å²) in [5, 5.41) is 12.1. The number of hydrogen-bond acceptors (Lipinski definition) is 5. The van der Waals surface area contributed by atoms with Gasteiger partial charge in [0.1, 0.15) is 18.1 Å². The SMILES string of the molecule is CC(=O)c1ccc(N(C(=O)Cn2nnc3ccccc32)[C@@H](C(=O)NC2CCCCC2)c2ccc(Cl)cc2)cc1. The Bertz CT molecular complexity index is 1480. The number of nitrogens with one attached hydrogen (secondary N) is 1. The molecule has 1 aliphatic rings. The van der Waals surface area contributed by atoms with Crippen LogP contribution in [0.2, 0.25) is 5.02 Å². The second-order valence-electron chi connectivity index (χ2n) is 9.90. The molecule has 1 heterocycles. The van der Waals surface area contributed by atoms with Crippen LogP contribution in [-0.2, 0) is 16.1 Å². The van der Waals surface area contributed by atoms with E-state index in [9.17, 15) is 14.4 Å². The third-order valence-electron chi connectivity index (χ3n) is 7.17. The van der Waals surface area contributed by atoms with Gasteiger partial charge in [-0.15, -0.1) is 5.10 Å². The number of nitrogens with zero attached hydrogens (tertiary/aromatic N) is 4. The Morgan fingerprint density at radius 3 is 2.36 bits per heavy atom. The summed E-state index contributed by atoms with van der Waals surface area (Å²) in [7, 11) is 0. The van der Waals surface area contributed by atoms with Crippen molar-refractivity contribution in [1.82, 2.24) is 20.3 Å². The molecule has 1 N–H and O–H groups in total. The Morgan fingerprint density at radius 2 is 1.67 bits per heavy atom. The normalized spacial score (nSPS) is 14.6. The highest BCUT2D eigenvalue weighted by molar-refractivity contribution is 6.30. The summed E-state index contributed by atoms with van der Waals surface area (Å²) in [6.45, 7) is 1.36. The molecule has 2 amide bonds. The van der Waals surface area contributed by atoms with Crippen LogP contribution in [0, 0.1) is 0 Å². The molecule has 0 saturated heterocycles. The molecule has 1 aliphatic carbocycles. The van der Waals surface area contributed by atoms with Gasteiger partial charge in [0.15, 0.2) is 5.78 Å². The predicted octanol–water partition coefficient (Wildman–Crippen LogP) is 5.51. The van der Waals surface area contributed by atoms with Crippen LogP contribution < -0.4 is 10.2 Å². The maximum Gasteiger partial charge on any atom is 0.249 e. The van der Waals surface area contributed by atoms with Crippen LogP contribution in [0.25, 0.3) is 11.0 Å². The van der Waals surface area contributed by atoms with E-state index in [1.165, 1.54) is 16.5 Å². The van der Waals surface area contributed by atoms with Crippen molar-refractivity contribution in [3.63, 3.8) is 0 Å². The van der Waals surface area contributed by atoms with E-state index in [1.807, 2.05) is 24.3 Å². The minimum absolute atomic E-state index is 0.0531. The van der Waals surface area contributed by atoms with Gasteiger partial charge in [0.25, 0.3) is 0 Å². The Balaban J connectivity index is 1.57. The van der Waals surface area contributed by atoms with Crippen molar-refractivity contribution in [3.05, 3.63) is 88.9 Å². The van der Waals surface area contributed by atoms with Crippen molar-refractivity contribution >= 4 is 45.9 Å². The number of ketones is 1. The molecule has 0 aliphatic heterocycles. The lowest BCUT2D eigenvalue weighted by Crippen LogP contribution is -2.48. The number of hydrogen-bond donors (Lipinski definition) is 1. The quantitative estimate of drug-likeness (QED) is 0.295. The van der Waals surface area contributed by atoms with E-state index >= 15 is 0 Å². The molecule has 1 aromatic heterocycles. The first-order valence-electron chi connectivity index (χ1n) is 13.2. The van der Waals surface area contributed by atoms with Gasteiger partial charge < -0.3 is 5.32 Å². The minimum Gasteiger partial charge on any atom is -0.351 e. The standard InChI is InChI=1S/C30H30ClN5O3/c1-20(37)21-13-17-25(18-14-21)36(28(38)19-35-27-10-6-5-9-26(27)33-34-35)29(22-11-15-23(31)16-12-22)30(39)32-24-7-3-2-4-8-24/h5-6,9-18,24,29H,2-4,7-8,19H2,1H3,(H,32,39)/t29-/m1/s1. The van der Waals surface area contributed by atoms with Gasteiger partial charge in [-0.3, -0.25) is 19.3 Å². The Morgan fingerprint density at radius 1 is 0.974 bits per heavy atom. The van der Waals surface area contributed by atoms with Crippen molar-refractivity contribution in [2.75, 3.05) is 4.90 Å². The van der Waals surface area contributed by atoms with Crippen molar-refractivity contribution < 1.29 is 14.4 Å². The number of anilines is 1. The van der Waals surface area contributed by atoms with E-state index in [4.69, 9.17) is 11.6 Å². The predicted molar refractivity (Wildman–Crippen MR) is 151 cm³/mol. The van der Waals surface area contributed by atoms with Gasteiger partial charge in [0.05, 0.1) is 5.52 Å². The molecule has 39 heavy (non-hydrogen) atoms. The van der Waals surface area contributed by atoms with Gasteiger partial charge in [-0.05, 0) is 73.9 Å². The molecule has 1 fully saturated rings. The molecule has 3 aromatic carbocycles. The summed E-state index contributed by atoms with van der Waals surface area (Å²) >= 11 is 6.18. The summed E-state index contributed by atoms with van der Waals surface area (Å²) < 4.78 is 1.53. The van der Waals surface area contributed by atoms with Gasteiger partial charge in [-0.2, -0.15) is 0 Å². The molecule has 5 rings (SSSR count). The highest BCUT2D eigenvalue weighted by Crippen LogP contribution is 2.31. The number of para-hydroxylation sites is 1. The van der Waals surface area contributed by atoms with Crippen LogP contribution in [0.4, 0.5) is 5.69 Å². The lowest BCUT2D eigenvalue weighted by molar-refractivity contribution is -0.127. The van der Waals surface area contributed by atoms with Crippen molar-refractivity contribution in [1.29, 1.82) is 0 Å². The molecular weight excluding hydrogens is 514 g/mol. The number of Topliss-reactive ketones (excluding diaryl/α,β-unsaturated/α-hetero) is 1. The minimum atomic E-state index is -0.963. The summed E-state index contributed by atoms with van der Waals surface area (Å²) in [4.78, 5) is 41.5. The van der Waals surface area contributed by atoms with Gasteiger partial charge in [-0.25, -0.2) is 4.68 Å².